The molecular formula is C20H26BrNO3. The van der Waals surface area contributed by atoms with Gasteiger partial charge in [0.2, 0.25) is 5.91 Å². The molecule has 1 amide bonds. The van der Waals surface area contributed by atoms with Crippen LogP contribution in [0.2, 0.25) is 0 Å². The molecule has 0 spiro atoms. The van der Waals surface area contributed by atoms with Crippen molar-refractivity contribution in [1.82, 2.24) is 0 Å². The van der Waals surface area contributed by atoms with Crippen LogP contribution in [0.1, 0.15) is 44.9 Å². The highest BCUT2D eigenvalue weighted by atomic mass is 79.9. The second-order valence-electron chi connectivity index (χ2n) is 8.40. The summed E-state index contributed by atoms with van der Waals surface area (Å²) in [6, 6.07) is 5.48. The van der Waals surface area contributed by atoms with Crippen molar-refractivity contribution >= 4 is 27.5 Å². The number of alkyl halides is 1. The molecular weight excluding hydrogens is 382 g/mol. The van der Waals surface area contributed by atoms with E-state index in [-0.39, 0.29) is 15.6 Å². The molecule has 0 unspecified atom stereocenters. The normalized spacial score (nSPS) is 35.5. The molecule has 1 aromatic rings. The quantitative estimate of drug-likeness (QED) is 0.715. The first-order valence-corrected chi connectivity index (χ1v) is 9.93. The van der Waals surface area contributed by atoms with Crippen LogP contribution < -0.4 is 14.8 Å². The van der Waals surface area contributed by atoms with Crippen LogP contribution in [-0.4, -0.2) is 24.5 Å². The summed E-state index contributed by atoms with van der Waals surface area (Å²) in [5.41, 5.74) is 0.856. The van der Waals surface area contributed by atoms with E-state index in [1.165, 1.54) is 32.1 Å². The van der Waals surface area contributed by atoms with Gasteiger partial charge in [0.25, 0.3) is 0 Å². The predicted octanol–water partition coefficient (Wildman–Crippen LogP) is 4.77. The van der Waals surface area contributed by atoms with Gasteiger partial charge < -0.3 is 14.8 Å². The van der Waals surface area contributed by atoms with Gasteiger partial charge in [-0.05, 0) is 67.9 Å². The summed E-state index contributed by atoms with van der Waals surface area (Å²) >= 11 is 4.02. The molecule has 1 N–H and O–H groups in total. The Morgan fingerprint density at radius 2 is 1.92 bits per heavy atom. The third-order valence-corrected chi connectivity index (χ3v) is 7.25. The summed E-state index contributed by atoms with van der Waals surface area (Å²) in [5, 5.41) is 3.06. The van der Waals surface area contributed by atoms with Gasteiger partial charge in [-0.1, -0.05) is 15.9 Å². The number of carbonyl (C=O) groups excluding carboxylic acids is 1. The van der Waals surface area contributed by atoms with Gasteiger partial charge in [-0.3, -0.25) is 4.79 Å². The number of ether oxygens (including phenoxy) is 2. The minimum atomic E-state index is 0.0876. The monoisotopic (exact) mass is 407 g/mol. The molecule has 1 aromatic carbocycles. The Bertz CT molecular complexity index is 676. The molecule has 25 heavy (non-hydrogen) atoms. The molecule has 0 heterocycles. The van der Waals surface area contributed by atoms with Gasteiger partial charge in [0.1, 0.15) is 11.5 Å². The second-order valence-corrected chi connectivity index (χ2v) is 10.1. The van der Waals surface area contributed by atoms with E-state index in [0.29, 0.717) is 23.6 Å². The molecule has 5 rings (SSSR count). The highest BCUT2D eigenvalue weighted by molar-refractivity contribution is 9.10. The lowest BCUT2D eigenvalue weighted by atomic mass is 9.48. The van der Waals surface area contributed by atoms with Gasteiger partial charge in [-0.25, -0.2) is 0 Å². The van der Waals surface area contributed by atoms with Crippen molar-refractivity contribution in [2.24, 2.45) is 17.3 Å². The maximum absolute atomic E-state index is 12.8. The van der Waals surface area contributed by atoms with Crippen LogP contribution >= 0.6 is 15.9 Å². The number of halogens is 1. The number of amides is 1. The van der Waals surface area contributed by atoms with Crippen LogP contribution in [0.25, 0.3) is 0 Å². The number of nitrogens with one attached hydrogen (secondary N) is 1. The molecule has 4 aliphatic rings. The third-order valence-electron chi connectivity index (χ3n) is 6.33. The summed E-state index contributed by atoms with van der Waals surface area (Å²) < 4.78 is 10.9. The maximum Gasteiger partial charge on any atom is 0.225 e. The van der Waals surface area contributed by atoms with Gasteiger partial charge >= 0.3 is 0 Å². The molecule has 5 heteroatoms. The van der Waals surface area contributed by atoms with E-state index in [2.05, 4.69) is 21.2 Å². The Labute approximate surface area is 157 Å². The summed E-state index contributed by atoms with van der Waals surface area (Å²) in [7, 11) is 3.24. The molecule has 4 saturated carbocycles. The van der Waals surface area contributed by atoms with Crippen LogP contribution in [-0.2, 0) is 4.79 Å². The number of rotatable bonds is 5. The first kappa shape index (κ1) is 17.2. The number of benzene rings is 1. The fourth-order valence-electron chi connectivity index (χ4n) is 5.99. The molecule has 4 bridgehead atoms. The van der Waals surface area contributed by atoms with Crippen molar-refractivity contribution in [3.63, 3.8) is 0 Å². The lowest BCUT2D eigenvalue weighted by Gasteiger charge is -2.60. The van der Waals surface area contributed by atoms with Gasteiger partial charge in [-0.2, -0.15) is 0 Å². The maximum atomic E-state index is 12.8. The second kappa shape index (κ2) is 6.19. The van der Waals surface area contributed by atoms with E-state index in [4.69, 9.17) is 9.47 Å². The largest absolute Gasteiger partial charge is 0.497 e. The minimum absolute atomic E-state index is 0.0876. The van der Waals surface area contributed by atoms with E-state index >= 15 is 0 Å². The van der Waals surface area contributed by atoms with Crippen LogP contribution in [0.3, 0.4) is 0 Å². The molecule has 0 radical (unpaired) electrons. The van der Waals surface area contributed by atoms with E-state index in [1.807, 2.05) is 18.2 Å². The number of hydrogen-bond donors (Lipinski definition) is 1. The summed E-state index contributed by atoms with van der Waals surface area (Å²) in [6.07, 6.45) is 8.09. The minimum Gasteiger partial charge on any atom is -0.497 e. The zero-order chi connectivity index (χ0) is 17.7. The lowest BCUT2D eigenvalue weighted by Crippen LogP contribution is -2.53. The topological polar surface area (TPSA) is 47.6 Å². The molecule has 4 fully saturated rings. The Balaban J connectivity index is 1.50. The molecule has 0 aliphatic heterocycles. The van der Waals surface area contributed by atoms with Crippen molar-refractivity contribution in [3.05, 3.63) is 18.2 Å². The Morgan fingerprint density at radius 1 is 1.20 bits per heavy atom. The zero-order valence-corrected chi connectivity index (χ0v) is 16.5. The van der Waals surface area contributed by atoms with Crippen LogP contribution in [0.15, 0.2) is 18.2 Å². The highest BCUT2D eigenvalue weighted by Gasteiger charge is 2.57. The van der Waals surface area contributed by atoms with E-state index < -0.39 is 0 Å². The molecule has 2 atom stereocenters. The fourth-order valence-corrected chi connectivity index (χ4v) is 7.50. The number of anilines is 1. The molecule has 136 valence electrons. The van der Waals surface area contributed by atoms with Gasteiger partial charge in [0.05, 0.1) is 19.9 Å². The average molecular weight is 408 g/mol. The summed E-state index contributed by atoms with van der Waals surface area (Å²) in [4.78, 5) is 12.8. The predicted molar refractivity (Wildman–Crippen MR) is 102 cm³/mol. The van der Waals surface area contributed by atoms with Crippen LogP contribution in [0, 0.1) is 17.3 Å². The highest BCUT2D eigenvalue weighted by Crippen LogP contribution is 2.65. The van der Waals surface area contributed by atoms with Crippen molar-refractivity contribution in [2.45, 2.75) is 49.3 Å². The Hall–Kier alpha value is -1.23. The van der Waals surface area contributed by atoms with Gasteiger partial charge in [0, 0.05) is 16.8 Å². The third kappa shape index (κ3) is 3.27. The molecule has 0 saturated heterocycles. The van der Waals surface area contributed by atoms with Crippen molar-refractivity contribution in [3.8, 4) is 11.5 Å². The standard InChI is InChI=1S/C20H26BrNO3/c1-24-15-3-4-17(25-2)16(6-15)22-18(23)11-19-7-13-5-14(8-19)10-20(21,9-13)12-19/h3-4,6,13-14H,5,7-12H2,1-2H3,(H,22,23)/t13-,14-,19?,20?/m1/s1. The Morgan fingerprint density at radius 3 is 2.52 bits per heavy atom. The molecule has 4 nitrogen and oxygen atoms in total. The zero-order valence-electron chi connectivity index (χ0n) is 14.9. The van der Waals surface area contributed by atoms with Gasteiger partial charge in [0.15, 0.2) is 0 Å². The van der Waals surface area contributed by atoms with Crippen molar-refractivity contribution in [1.29, 1.82) is 0 Å². The van der Waals surface area contributed by atoms with Crippen LogP contribution in [0.4, 0.5) is 5.69 Å². The van der Waals surface area contributed by atoms with Crippen LogP contribution in [0.5, 0.6) is 11.5 Å². The number of hydrogen-bond acceptors (Lipinski definition) is 3. The summed E-state index contributed by atoms with van der Waals surface area (Å²) in [5.74, 6) is 3.05. The Kier molecular flexibility index (Phi) is 4.25. The van der Waals surface area contributed by atoms with Gasteiger partial charge in [-0.15, -0.1) is 0 Å². The average Bonchev–Trinajstić information content (AvgIpc) is 2.51. The SMILES string of the molecule is COc1ccc(OC)c(NC(=O)CC23C[C@H]4C[C@@H](CC(Br)(C4)C2)C3)c1. The van der Waals surface area contributed by atoms with Crippen molar-refractivity contribution < 1.29 is 14.3 Å². The van der Waals surface area contributed by atoms with Crippen molar-refractivity contribution in [2.75, 3.05) is 19.5 Å². The van der Waals surface area contributed by atoms with E-state index in [9.17, 15) is 4.79 Å². The smallest absolute Gasteiger partial charge is 0.225 e. The molecule has 4 aliphatic carbocycles. The lowest BCUT2D eigenvalue weighted by molar-refractivity contribution is -0.123. The first-order chi connectivity index (χ1) is 11.9. The number of methoxy groups -OCH3 is 2. The molecule has 0 aromatic heterocycles. The number of carbonyl (C=O) groups is 1. The fraction of sp³-hybridized carbons (Fsp3) is 0.650. The summed E-state index contributed by atoms with van der Waals surface area (Å²) in [6.45, 7) is 0. The first-order valence-electron chi connectivity index (χ1n) is 9.13. The van der Waals surface area contributed by atoms with E-state index in [1.54, 1.807) is 14.2 Å². The van der Waals surface area contributed by atoms with E-state index in [0.717, 1.165) is 18.3 Å².